The molecule has 1 aromatic heterocycles. The molecule has 0 spiro atoms. The van der Waals surface area contributed by atoms with Gasteiger partial charge in [0.05, 0.1) is 17.7 Å². The zero-order valence-corrected chi connectivity index (χ0v) is 24.0. The average Bonchev–Trinajstić information content (AvgIpc) is 3.24. The summed E-state index contributed by atoms with van der Waals surface area (Å²) in [7, 11) is 1.18. The number of ether oxygens (including phenoxy) is 3. The van der Waals surface area contributed by atoms with E-state index < -0.39 is 46.7 Å². The summed E-state index contributed by atoms with van der Waals surface area (Å²) < 4.78 is 32.5. The van der Waals surface area contributed by atoms with Crippen LogP contribution in [-0.4, -0.2) is 47.5 Å². The molecule has 1 N–H and O–H groups in total. The van der Waals surface area contributed by atoms with Crippen molar-refractivity contribution in [2.24, 2.45) is 0 Å². The molecule has 2 heterocycles. The predicted molar refractivity (Wildman–Crippen MR) is 144 cm³/mol. The number of rotatable bonds is 6. The molecule has 1 unspecified atom stereocenters. The summed E-state index contributed by atoms with van der Waals surface area (Å²) in [5, 5.41) is 2.40. The summed E-state index contributed by atoms with van der Waals surface area (Å²) >= 11 is 6.12. The second-order valence-electron chi connectivity index (χ2n) is 11.2. The van der Waals surface area contributed by atoms with Gasteiger partial charge in [-0.15, -0.1) is 0 Å². The molecule has 11 heteroatoms. The van der Waals surface area contributed by atoms with Gasteiger partial charge in [-0.1, -0.05) is 17.7 Å². The van der Waals surface area contributed by atoms with Gasteiger partial charge in [-0.05, 0) is 72.4 Å². The number of carbonyl (C=O) groups is 3. The lowest BCUT2D eigenvalue weighted by Gasteiger charge is -2.24. The summed E-state index contributed by atoms with van der Waals surface area (Å²) in [6.07, 6.45) is -0.0858. The van der Waals surface area contributed by atoms with Crippen molar-refractivity contribution >= 4 is 29.6 Å². The van der Waals surface area contributed by atoms with E-state index in [4.69, 9.17) is 25.8 Å². The minimum absolute atomic E-state index is 0.00444. The fraction of sp³-hybridized carbons (Fsp3) is 0.500. The molecule has 0 fully saturated rings. The van der Waals surface area contributed by atoms with E-state index in [0.29, 0.717) is 5.56 Å². The lowest BCUT2D eigenvalue weighted by atomic mass is 9.92. The van der Waals surface area contributed by atoms with Crippen molar-refractivity contribution in [3.05, 3.63) is 56.2 Å². The molecule has 0 radical (unpaired) electrons. The van der Waals surface area contributed by atoms with Crippen molar-refractivity contribution in [1.29, 1.82) is 0 Å². The van der Waals surface area contributed by atoms with Crippen LogP contribution >= 0.6 is 11.6 Å². The van der Waals surface area contributed by atoms with Gasteiger partial charge in [-0.2, -0.15) is 0 Å². The maximum atomic E-state index is 15.6. The lowest BCUT2D eigenvalue weighted by Crippen LogP contribution is -2.34. The fourth-order valence-electron chi connectivity index (χ4n) is 4.49. The number of amides is 1. The first-order chi connectivity index (χ1) is 18.0. The Kier molecular flexibility index (Phi) is 8.79. The van der Waals surface area contributed by atoms with Crippen LogP contribution in [0.15, 0.2) is 23.0 Å². The van der Waals surface area contributed by atoms with E-state index in [-0.39, 0.29) is 53.2 Å². The molecule has 0 aliphatic carbocycles. The molecular formula is C28H34ClFN2O7. The topological polar surface area (TPSA) is 113 Å². The summed E-state index contributed by atoms with van der Waals surface area (Å²) in [5.41, 5.74) is -1.53. The summed E-state index contributed by atoms with van der Waals surface area (Å²) in [4.78, 5) is 51.4. The number of alkyl carbamates (subject to hydrolysis) is 1. The molecule has 1 aliphatic heterocycles. The smallest absolute Gasteiger partial charge is 0.407 e. The molecule has 39 heavy (non-hydrogen) atoms. The van der Waals surface area contributed by atoms with Crippen LogP contribution in [0.5, 0.6) is 0 Å². The van der Waals surface area contributed by atoms with Crippen LogP contribution in [0.2, 0.25) is 5.02 Å². The highest BCUT2D eigenvalue weighted by molar-refractivity contribution is 6.31. The second kappa shape index (κ2) is 11.4. The van der Waals surface area contributed by atoms with Crippen LogP contribution in [-0.2, 0) is 31.8 Å². The largest absolute Gasteiger partial charge is 0.465 e. The minimum atomic E-state index is -0.939. The summed E-state index contributed by atoms with van der Waals surface area (Å²) in [6, 6.07) is 3.09. The molecule has 0 bridgehead atoms. The van der Waals surface area contributed by atoms with E-state index in [0.717, 1.165) is 6.07 Å². The van der Waals surface area contributed by atoms with Gasteiger partial charge in [0.15, 0.2) is 0 Å². The van der Waals surface area contributed by atoms with Crippen LogP contribution < -0.4 is 10.9 Å². The molecule has 0 saturated heterocycles. The van der Waals surface area contributed by atoms with E-state index in [2.05, 4.69) is 5.32 Å². The van der Waals surface area contributed by atoms with Crippen LogP contribution in [0.3, 0.4) is 0 Å². The molecule has 212 valence electrons. The SMILES string of the molecule is COC(=O)c1c(-c2c(CCNC(=O)OC(C)(C)C)ccc(Cl)c2F)cc(=O)n2c1CCC2C(=O)OC(C)(C)C. The standard InChI is InChI=1S/C28H34ClFN2O7/c1-27(2,3)38-24(34)19-11-10-18-22(25(35)37-7)16(14-20(33)32(18)19)21-15(8-9-17(29)23(21)30)12-13-31-26(36)39-28(4,5)6/h8-9,14,19H,10-13H2,1-7H3,(H,31,36). The number of esters is 2. The first kappa shape index (κ1) is 30.1. The fourth-order valence-corrected chi connectivity index (χ4v) is 4.64. The van der Waals surface area contributed by atoms with Crippen molar-refractivity contribution in [1.82, 2.24) is 9.88 Å². The number of hydrogen-bond acceptors (Lipinski definition) is 7. The Hall–Kier alpha value is -3.40. The maximum absolute atomic E-state index is 15.6. The van der Waals surface area contributed by atoms with Crippen molar-refractivity contribution in [3.8, 4) is 11.1 Å². The van der Waals surface area contributed by atoms with Crippen molar-refractivity contribution < 1.29 is 33.0 Å². The Labute approximate surface area is 231 Å². The highest BCUT2D eigenvalue weighted by Gasteiger charge is 2.37. The number of aromatic nitrogens is 1. The maximum Gasteiger partial charge on any atom is 0.407 e. The third-order valence-corrected chi connectivity index (χ3v) is 6.19. The molecular weight excluding hydrogens is 531 g/mol. The van der Waals surface area contributed by atoms with Crippen molar-refractivity contribution in [2.45, 2.75) is 78.0 Å². The van der Waals surface area contributed by atoms with E-state index in [9.17, 15) is 19.2 Å². The van der Waals surface area contributed by atoms with Gasteiger partial charge in [0.2, 0.25) is 0 Å². The number of benzene rings is 1. The highest BCUT2D eigenvalue weighted by atomic mass is 35.5. The van der Waals surface area contributed by atoms with Gasteiger partial charge in [0.25, 0.3) is 5.56 Å². The Bertz CT molecular complexity index is 1360. The van der Waals surface area contributed by atoms with Gasteiger partial charge < -0.3 is 19.5 Å². The summed E-state index contributed by atoms with van der Waals surface area (Å²) in [6.45, 7) is 10.4. The second-order valence-corrected chi connectivity index (χ2v) is 11.6. The summed E-state index contributed by atoms with van der Waals surface area (Å²) in [5.74, 6) is -2.23. The van der Waals surface area contributed by atoms with Gasteiger partial charge in [0.1, 0.15) is 23.1 Å². The van der Waals surface area contributed by atoms with Gasteiger partial charge >= 0.3 is 18.0 Å². The lowest BCUT2D eigenvalue weighted by molar-refractivity contribution is -0.158. The van der Waals surface area contributed by atoms with E-state index in [1.807, 2.05) is 0 Å². The Morgan fingerprint density at radius 3 is 2.33 bits per heavy atom. The van der Waals surface area contributed by atoms with Crippen molar-refractivity contribution in [2.75, 3.05) is 13.7 Å². The number of carbonyl (C=O) groups excluding carboxylic acids is 3. The third kappa shape index (κ3) is 6.98. The number of nitrogens with zero attached hydrogens (tertiary/aromatic N) is 1. The van der Waals surface area contributed by atoms with Crippen LogP contribution in [0, 0.1) is 5.82 Å². The predicted octanol–water partition coefficient (Wildman–Crippen LogP) is 4.99. The number of nitrogens with one attached hydrogen (secondary N) is 1. The Balaban J connectivity index is 2.11. The minimum Gasteiger partial charge on any atom is -0.465 e. The van der Waals surface area contributed by atoms with E-state index in [1.165, 1.54) is 17.7 Å². The van der Waals surface area contributed by atoms with Gasteiger partial charge in [0, 0.05) is 29.4 Å². The molecule has 9 nitrogen and oxygen atoms in total. The molecule has 1 atom stereocenters. The monoisotopic (exact) mass is 564 g/mol. The molecule has 0 saturated carbocycles. The van der Waals surface area contributed by atoms with Crippen molar-refractivity contribution in [3.63, 3.8) is 0 Å². The highest BCUT2D eigenvalue weighted by Crippen LogP contribution is 2.38. The molecule has 1 aliphatic rings. The first-order valence-corrected chi connectivity index (χ1v) is 13.0. The Morgan fingerprint density at radius 1 is 1.10 bits per heavy atom. The number of methoxy groups -OCH3 is 1. The number of hydrogen-bond donors (Lipinski definition) is 1. The Morgan fingerprint density at radius 2 is 1.74 bits per heavy atom. The number of pyridine rings is 1. The van der Waals surface area contributed by atoms with Crippen LogP contribution in [0.4, 0.5) is 9.18 Å². The quantitative estimate of drug-likeness (QED) is 0.388. The molecule has 1 aromatic carbocycles. The zero-order valence-electron chi connectivity index (χ0n) is 23.2. The molecule has 3 rings (SSSR count). The third-order valence-electron chi connectivity index (χ3n) is 5.90. The number of halogens is 2. The zero-order chi connectivity index (χ0) is 29.3. The average molecular weight is 565 g/mol. The van der Waals surface area contributed by atoms with Crippen LogP contribution in [0.1, 0.15) is 75.6 Å². The first-order valence-electron chi connectivity index (χ1n) is 12.6. The normalized spacial score (nSPS) is 14.9. The van der Waals surface area contributed by atoms with E-state index >= 15 is 4.39 Å². The molecule has 2 aromatic rings. The van der Waals surface area contributed by atoms with E-state index in [1.54, 1.807) is 47.6 Å². The van der Waals surface area contributed by atoms with Gasteiger partial charge in [-0.25, -0.2) is 18.8 Å². The molecule has 1 amide bonds. The van der Waals surface area contributed by atoms with Crippen LogP contribution in [0.25, 0.3) is 11.1 Å². The van der Waals surface area contributed by atoms with Gasteiger partial charge in [-0.3, -0.25) is 9.36 Å². The number of fused-ring (bicyclic) bond motifs is 1.